The summed E-state index contributed by atoms with van der Waals surface area (Å²) >= 11 is 0. The van der Waals surface area contributed by atoms with Gasteiger partial charge < -0.3 is 20.3 Å². The molecule has 0 bridgehead atoms. The van der Waals surface area contributed by atoms with Crippen LogP contribution in [-0.2, 0) is 4.74 Å². The van der Waals surface area contributed by atoms with Crippen LogP contribution in [0.2, 0.25) is 0 Å². The van der Waals surface area contributed by atoms with Gasteiger partial charge in [-0.2, -0.15) is 0 Å². The quantitative estimate of drug-likeness (QED) is 0.718. The average Bonchev–Trinajstić information content (AvgIpc) is 2.55. The van der Waals surface area contributed by atoms with E-state index in [1.54, 1.807) is 4.90 Å². The van der Waals surface area contributed by atoms with Crippen molar-refractivity contribution in [3.05, 3.63) is 0 Å². The minimum absolute atomic E-state index is 0.0871. The largest absolute Gasteiger partial charge is 0.453 e. The highest BCUT2D eigenvalue weighted by molar-refractivity contribution is 5.67. The summed E-state index contributed by atoms with van der Waals surface area (Å²) in [6, 6.07) is 0.0871. The van der Waals surface area contributed by atoms with E-state index in [1.165, 1.54) is 7.11 Å². The Bertz CT molecular complexity index is 221. The highest BCUT2D eigenvalue weighted by Gasteiger charge is 2.32. The summed E-state index contributed by atoms with van der Waals surface area (Å²) < 4.78 is 4.68. The van der Waals surface area contributed by atoms with Gasteiger partial charge in [-0.3, -0.25) is 0 Å². The van der Waals surface area contributed by atoms with Crippen LogP contribution in [0.15, 0.2) is 0 Å². The number of likely N-dealkylation sites (tertiary alicyclic amines) is 1. The Kier molecular flexibility index (Phi) is 4.35. The molecule has 1 aliphatic rings. The van der Waals surface area contributed by atoms with E-state index in [4.69, 9.17) is 5.73 Å². The maximum Gasteiger partial charge on any atom is 0.409 e. The van der Waals surface area contributed by atoms with Gasteiger partial charge in [0.1, 0.15) is 0 Å². The van der Waals surface area contributed by atoms with Crippen molar-refractivity contribution in [3.63, 3.8) is 0 Å². The number of nitrogens with two attached hydrogens (primary N) is 1. The number of carbonyl (C=O) groups is 1. The molecular formula is C10H21N3O2. The lowest BCUT2D eigenvalue weighted by atomic mass is 10.0. The molecule has 0 aromatic carbocycles. The Morgan fingerprint density at radius 3 is 2.73 bits per heavy atom. The van der Waals surface area contributed by atoms with Gasteiger partial charge in [-0.05, 0) is 33.0 Å². The fourth-order valence-electron chi connectivity index (χ4n) is 1.90. The molecule has 1 saturated heterocycles. The van der Waals surface area contributed by atoms with E-state index in [2.05, 4.69) is 9.64 Å². The lowest BCUT2D eigenvalue weighted by molar-refractivity contribution is 0.131. The fourth-order valence-corrected chi connectivity index (χ4v) is 1.90. The molecule has 2 N–H and O–H groups in total. The summed E-state index contributed by atoms with van der Waals surface area (Å²) in [6.45, 7) is 2.35. The number of rotatable bonds is 3. The molecule has 1 aliphatic heterocycles. The number of carbonyl (C=O) groups excluding carboxylic acids is 1. The molecule has 2 unspecified atom stereocenters. The molecule has 0 spiro atoms. The number of ether oxygens (including phenoxy) is 1. The van der Waals surface area contributed by atoms with Gasteiger partial charge in [-0.1, -0.05) is 0 Å². The van der Waals surface area contributed by atoms with Crippen molar-refractivity contribution in [3.8, 4) is 0 Å². The third-order valence-corrected chi connectivity index (χ3v) is 2.87. The standard InChI is InChI=1S/C10H21N3O2/c1-12(2)5-4-8-6-13(7-9(8)11)10(14)15-3/h8-9H,4-7,11H2,1-3H3. The fraction of sp³-hybridized carbons (Fsp3) is 0.900. The smallest absolute Gasteiger partial charge is 0.409 e. The highest BCUT2D eigenvalue weighted by atomic mass is 16.5. The summed E-state index contributed by atoms with van der Waals surface area (Å²) in [5.74, 6) is 0.395. The molecule has 1 heterocycles. The molecule has 0 aliphatic carbocycles. The Balaban J connectivity index is 2.39. The third kappa shape index (κ3) is 3.35. The molecule has 0 aromatic heterocycles. The maximum absolute atomic E-state index is 11.3. The molecular weight excluding hydrogens is 194 g/mol. The SMILES string of the molecule is COC(=O)N1CC(N)C(CCN(C)C)C1. The van der Waals surface area contributed by atoms with Crippen molar-refractivity contribution in [1.82, 2.24) is 9.80 Å². The molecule has 5 heteroatoms. The van der Waals surface area contributed by atoms with Crippen LogP contribution >= 0.6 is 0 Å². The second-order valence-electron chi connectivity index (χ2n) is 4.39. The zero-order valence-corrected chi connectivity index (χ0v) is 9.77. The minimum Gasteiger partial charge on any atom is -0.453 e. The molecule has 0 aromatic rings. The summed E-state index contributed by atoms with van der Waals surface area (Å²) in [6.07, 6.45) is 0.764. The molecule has 1 fully saturated rings. The van der Waals surface area contributed by atoms with Gasteiger partial charge in [0.2, 0.25) is 0 Å². The topological polar surface area (TPSA) is 58.8 Å². The van der Waals surface area contributed by atoms with Crippen molar-refractivity contribution >= 4 is 6.09 Å². The first-order chi connectivity index (χ1) is 7.04. The van der Waals surface area contributed by atoms with Crippen molar-refractivity contribution in [1.29, 1.82) is 0 Å². The molecule has 1 amide bonds. The number of hydrogen-bond acceptors (Lipinski definition) is 4. The predicted molar refractivity (Wildman–Crippen MR) is 58.6 cm³/mol. The van der Waals surface area contributed by atoms with Crippen LogP contribution in [0.1, 0.15) is 6.42 Å². The van der Waals surface area contributed by atoms with Gasteiger partial charge in [0.05, 0.1) is 7.11 Å². The van der Waals surface area contributed by atoms with Crippen LogP contribution < -0.4 is 5.73 Å². The lowest BCUT2D eigenvalue weighted by Crippen LogP contribution is -2.32. The van der Waals surface area contributed by atoms with Crippen LogP contribution in [0.25, 0.3) is 0 Å². The van der Waals surface area contributed by atoms with Gasteiger partial charge >= 0.3 is 6.09 Å². The number of methoxy groups -OCH3 is 1. The Morgan fingerprint density at radius 2 is 2.20 bits per heavy atom. The van der Waals surface area contributed by atoms with Crippen LogP contribution in [0.4, 0.5) is 4.79 Å². The van der Waals surface area contributed by atoms with E-state index in [0.29, 0.717) is 12.5 Å². The van der Waals surface area contributed by atoms with Crippen LogP contribution in [0, 0.1) is 5.92 Å². The molecule has 88 valence electrons. The Hall–Kier alpha value is -0.810. The predicted octanol–water partition coefficient (Wildman–Crippen LogP) is -0.0364. The summed E-state index contributed by atoms with van der Waals surface area (Å²) in [7, 11) is 5.48. The van der Waals surface area contributed by atoms with Crippen LogP contribution in [0.5, 0.6) is 0 Å². The van der Waals surface area contributed by atoms with Gasteiger partial charge in [0, 0.05) is 19.1 Å². The number of hydrogen-bond donors (Lipinski definition) is 1. The van der Waals surface area contributed by atoms with Crippen LogP contribution in [-0.4, -0.2) is 62.8 Å². The minimum atomic E-state index is -0.266. The van der Waals surface area contributed by atoms with Crippen molar-refractivity contribution in [2.24, 2.45) is 11.7 Å². The normalized spacial score (nSPS) is 26.1. The van der Waals surface area contributed by atoms with Crippen molar-refractivity contribution in [2.75, 3.05) is 40.8 Å². The van der Waals surface area contributed by atoms with Gasteiger partial charge in [0.25, 0.3) is 0 Å². The molecule has 2 atom stereocenters. The van der Waals surface area contributed by atoms with Crippen molar-refractivity contribution < 1.29 is 9.53 Å². The first-order valence-electron chi connectivity index (χ1n) is 5.27. The number of amides is 1. The summed E-state index contributed by atoms with van der Waals surface area (Å²) in [5.41, 5.74) is 5.98. The second-order valence-corrected chi connectivity index (χ2v) is 4.39. The van der Waals surface area contributed by atoms with E-state index in [-0.39, 0.29) is 12.1 Å². The van der Waals surface area contributed by atoms with E-state index >= 15 is 0 Å². The second kappa shape index (κ2) is 5.32. The summed E-state index contributed by atoms with van der Waals surface area (Å²) in [5, 5.41) is 0. The van der Waals surface area contributed by atoms with E-state index in [0.717, 1.165) is 19.5 Å². The maximum atomic E-state index is 11.3. The zero-order valence-electron chi connectivity index (χ0n) is 9.77. The third-order valence-electron chi connectivity index (χ3n) is 2.87. The molecule has 15 heavy (non-hydrogen) atoms. The van der Waals surface area contributed by atoms with Gasteiger partial charge in [0.15, 0.2) is 0 Å². The molecule has 0 radical (unpaired) electrons. The lowest BCUT2D eigenvalue weighted by Gasteiger charge is -2.17. The molecule has 0 saturated carbocycles. The Labute approximate surface area is 91.2 Å². The van der Waals surface area contributed by atoms with E-state index in [9.17, 15) is 4.79 Å². The van der Waals surface area contributed by atoms with Gasteiger partial charge in [-0.25, -0.2) is 4.79 Å². The molecule has 5 nitrogen and oxygen atoms in total. The molecule has 1 rings (SSSR count). The highest BCUT2D eigenvalue weighted by Crippen LogP contribution is 2.19. The Morgan fingerprint density at radius 1 is 1.53 bits per heavy atom. The zero-order chi connectivity index (χ0) is 11.4. The first kappa shape index (κ1) is 12.3. The van der Waals surface area contributed by atoms with Crippen LogP contribution in [0.3, 0.4) is 0 Å². The van der Waals surface area contributed by atoms with E-state index < -0.39 is 0 Å². The van der Waals surface area contributed by atoms with Gasteiger partial charge in [-0.15, -0.1) is 0 Å². The monoisotopic (exact) mass is 215 g/mol. The van der Waals surface area contributed by atoms with E-state index in [1.807, 2.05) is 14.1 Å². The average molecular weight is 215 g/mol. The summed E-state index contributed by atoms with van der Waals surface area (Å²) in [4.78, 5) is 15.1. The number of nitrogens with zero attached hydrogens (tertiary/aromatic N) is 2. The first-order valence-corrected chi connectivity index (χ1v) is 5.27. The van der Waals surface area contributed by atoms with Crippen molar-refractivity contribution in [2.45, 2.75) is 12.5 Å².